The second-order valence-corrected chi connectivity index (χ2v) is 4.21. The molecule has 7 heteroatoms. The molecule has 2 aromatic heterocycles. The minimum Gasteiger partial charge on any atom is -0.353 e. The molecule has 2 aromatic rings. The molecule has 0 spiro atoms. The zero-order valence-corrected chi connectivity index (χ0v) is 9.68. The van der Waals surface area contributed by atoms with Crippen molar-refractivity contribution in [3.63, 3.8) is 0 Å². The van der Waals surface area contributed by atoms with Gasteiger partial charge < -0.3 is 14.6 Å². The van der Waals surface area contributed by atoms with Crippen molar-refractivity contribution in [3.8, 4) is 0 Å². The molecule has 1 N–H and O–H groups in total. The fourth-order valence-corrected chi connectivity index (χ4v) is 2.07. The van der Waals surface area contributed by atoms with Crippen LogP contribution in [0.2, 0.25) is 0 Å². The first-order chi connectivity index (χ1) is 8.74. The fraction of sp³-hybridized carbons (Fsp3) is 0.455. The third kappa shape index (κ3) is 2.01. The molecule has 1 saturated heterocycles. The second kappa shape index (κ2) is 4.49. The number of anilines is 1. The van der Waals surface area contributed by atoms with E-state index in [0.29, 0.717) is 5.65 Å². The van der Waals surface area contributed by atoms with Gasteiger partial charge in [-0.2, -0.15) is 0 Å². The molecule has 18 heavy (non-hydrogen) atoms. The minimum absolute atomic E-state index is 0.214. The maximum absolute atomic E-state index is 12.5. The van der Waals surface area contributed by atoms with Gasteiger partial charge in [-0.05, 0) is 0 Å². The Bertz CT molecular complexity index is 547. The first-order valence-electron chi connectivity index (χ1n) is 5.82. The highest BCUT2D eigenvalue weighted by atomic mass is 19.3. The van der Waals surface area contributed by atoms with Crippen LogP contribution in [0.15, 0.2) is 18.6 Å². The van der Waals surface area contributed by atoms with Crippen molar-refractivity contribution >= 4 is 11.5 Å². The third-order valence-corrected chi connectivity index (χ3v) is 3.01. The number of fused-ring (bicyclic) bond motifs is 1. The van der Waals surface area contributed by atoms with E-state index in [1.807, 2.05) is 0 Å². The van der Waals surface area contributed by atoms with Crippen LogP contribution in [0.1, 0.15) is 12.1 Å². The Morgan fingerprint density at radius 1 is 1.22 bits per heavy atom. The highest BCUT2D eigenvalue weighted by Crippen LogP contribution is 2.19. The first kappa shape index (κ1) is 11.3. The molecule has 0 aliphatic carbocycles. The molecule has 0 bridgehead atoms. The highest BCUT2D eigenvalue weighted by Gasteiger charge is 2.15. The Balaban J connectivity index is 1.94. The minimum atomic E-state index is -2.55. The van der Waals surface area contributed by atoms with Crippen molar-refractivity contribution in [1.82, 2.24) is 19.7 Å². The van der Waals surface area contributed by atoms with Gasteiger partial charge in [0.1, 0.15) is 11.5 Å². The average Bonchev–Trinajstić information content (AvgIpc) is 2.82. The molecule has 3 rings (SSSR count). The topological polar surface area (TPSA) is 45.5 Å². The first-order valence-corrected chi connectivity index (χ1v) is 5.82. The molecular weight excluding hydrogens is 240 g/mol. The largest absolute Gasteiger partial charge is 0.353 e. The molecule has 0 amide bonds. The molecule has 3 heterocycles. The van der Waals surface area contributed by atoms with Crippen molar-refractivity contribution in [3.05, 3.63) is 24.3 Å². The van der Waals surface area contributed by atoms with E-state index in [4.69, 9.17) is 0 Å². The normalized spacial score (nSPS) is 16.7. The Hall–Kier alpha value is -1.76. The van der Waals surface area contributed by atoms with Crippen molar-refractivity contribution in [2.45, 2.75) is 6.43 Å². The number of hydrogen-bond donors (Lipinski definition) is 1. The van der Waals surface area contributed by atoms with Gasteiger partial charge in [-0.25, -0.2) is 18.7 Å². The summed E-state index contributed by atoms with van der Waals surface area (Å²) in [6, 6.07) is 0. The van der Waals surface area contributed by atoms with Gasteiger partial charge in [-0.15, -0.1) is 0 Å². The Labute approximate surface area is 102 Å². The lowest BCUT2D eigenvalue weighted by Crippen LogP contribution is -2.43. The number of halogens is 2. The van der Waals surface area contributed by atoms with Crippen LogP contribution in [0.4, 0.5) is 14.6 Å². The maximum atomic E-state index is 12.5. The van der Waals surface area contributed by atoms with Gasteiger partial charge in [0.2, 0.25) is 0 Å². The van der Waals surface area contributed by atoms with Crippen LogP contribution in [0, 0.1) is 0 Å². The molecule has 0 aromatic carbocycles. The Morgan fingerprint density at radius 2 is 2.00 bits per heavy atom. The van der Waals surface area contributed by atoms with Crippen LogP contribution >= 0.6 is 0 Å². The van der Waals surface area contributed by atoms with Crippen molar-refractivity contribution in [2.24, 2.45) is 0 Å². The Kier molecular flexibility index (Phi) is 2.83. The van der Waals surface area contributed by atoms with Crippen LogP contribution in [-0.4, -0.2) is 40.5 Å². The predicted molar refractivity (Wildman–Crippen MR) is 63.0 cm³/mol. The van der Waals surface area contributed by atoms with Gasteiger partial charge in [0.25, 0.3) is 6.43 Å². The number of nitrogens with one attached hydrogen (secondary N) is 1. The van der Waals surface area contributed by atoms with Crippen LogP contribution in [0.25, 0.3) is 5.65 Å². The van der Waals surface area contributed by atoms with E-state index in [1.165, 1.54) is 12.4 Å². The quantitative estimate of drug-likeness (QED) is 0.869. The Morgan fingerprint density at radius 3 is 2.72 bits per heavy atom. The van der Waals surface area contributed by atoms with Crippen molar-refractivity contribution < 1.29 is 8.78 Å². The maximum Gasteiger partial charge on any atom is 0.281 e. The van der Waals surface area contributed by atoms with Gasteiger partial charge in [0.15, 0.2) is 5.65 Å². The van der Waals surface area contributed by atoms with Crippen molar-refractivity contribution in [2.75, 3.05) is 31.1 Å². The molecule has 0 saturated carbocycles. The van der Waals surface area contributed by atoms with Crippen molar-refractivity contribution in [1.29, 1.82) is 0 Å². The summed E-state index contributed by atoms with van der Waals surface area (Å²) in [7, 11) is 0. The second-order valence-electron chi connectivity index (χ2n) is 4.21. The smallest absolute Gasteiger partial charge is 0.281 e. The zero-order chi connectivity index (χ0) is 12.5. The number of alkyl halides is 2. The van der Waals surface area contributed by atoms with Crippen LogP contribution in [0.5, 0.6) is 0 Å². The molecule has 0 radical (unpaired) electrons. The number of rotatable bonds is 2. The molecule has 1 fully saturated rings. The van der Waals surface area contributed by atoms with Gasteiger partial charge in [-0.1, -0.05) is 0 Å². The summed E-state index contributed by atoms with van der Waals surface area (Å²) in [6.07, 6.45) is 2.09. The van der Waals surface area contributed by atoms with E-state index < -0.39 is 6.43 Å². The van der Waals surface area contributed by atoms with E-state index in [-0.39, 0.29) is 5.69 Å². The summed E-state index contributed by atoms with van der Waals surface area (Å²) >= 11 is 0. The van der Waals surface area contributed by atoms with Crippen LogP contribution in [-0.2, 0) is 0 Å². The van der Waals surface area contributed by atoms with E-state index in [2.05, 4.69) is 20.2 Å². The summed E-state index contributed by atoms with van der Waals surface area (Å²) in [6.45, 7) is 3.56. The lowest BCUT2D eigenvalue weighted by Gasteiger charge is -2.28. The van der Waals surface area contributed by atoms with Gasteiger partial charge in [-0.3, -0.25) is 0 Å². The van der Waals surface area contributed by atoms with E-state index >= 15 is 0 Å². The van der Waals surface area contributed by atoms with E-state index in [1.54, 1.807) is 10.6 Å². The number of piperazine rings is 1. The number of hydrogen-bond acceptors (Lipinski definition) is 4. The van der Waals surface area contributed by atoms with E-state index in [9.17, 15) is 8.78 Å². The lowest BCUT2D eigenvalue weighted by molar-refractivity contribution is 0.147. The third-order valence-electron chi connectivity index (χ3n) is 3.01. The number of imidazole rings is 1. The molecular formula is C11H13F2N5. The summed E-state index contributed by atoms with van der Waals surface area (Å²) in [5.74, 6) is 0.794. The average molecular weight is 253 g/mol. The monoisotopic (exact) mass is 253 g/mol. The molecule has 1 aliphatic rings. The highest BCUT2D eigenvalue weighted by molar-refractivity contribution is 5.45. The van der Waals surface area contributed by atoms with Gasteiger partial charge in [0, 0.05) is 32.4 Å². The summed E-state index contributed by atoms with van der Waals surface area (Å²) in [4.78, 5) is 10.2. The SMILES string of the molecule is FC(F)c1cn2cc(N3CCNCC3)ncc2n1. The molecule has 0 atom stereocenters. The van der Waals surface area contributed by atoms with Gasteiger partial charge >= 0.3 is 0 Å². The molecule has 5 nitrogen and oxygen atoms in total. The molecule has 1 aliphatic heterocycles. The molecule has 96 valence electrons. The standard InChI is InChI=1S/C11H13F2N5/c12-11(13)8-6-18-7-10(15-5-9(18)16-8)17-3-1-14-2-4-17/h5-7,11,14H,1-4H2. The fourth-order valence-electron chi connectivity index (χ4n) is 2.07. The summed E-state index contributed by atoms with van der Waals surface area (Å²) < 4.78 is 26.7. The number of aromatic nitrogens is 3. The number of nitrogens with zero attached hydrogens (tertiary/aromatic N) is 4. The molecule has 0 unspecified atom stereocenters. The van der Waals surface area contributed by atoms with Crippen LogP contribution in [0.3, 0.4) is 0 Å². The van der Waals surface area contributed by atoms with Crippen LogP contribution < -0.4 is 10.2 Å². The summed E-state index contributed by atoms with van der Waals surface area (Å²) in [5, 5.41) is 3.25. The lowest BCUT2D eigenvalue weighted by atomic mass is 10.3. The van der Waals surface area contributed by atoms with E-state index in [0.717, 1.165) is 32.0 Å². The van der Waals surface area contributed by atoms with Gasteiger partial charge in [0.05, 0.1) is 12.4 Å². The predicted octanol–water partition coefficient (Wildman–Crippen LogP) is 1.08. The zero-order valence-electron chi connectivity index (χ0n) is 9.68. The summed E-state index contributed by atoms with van der Waals surface area (Å²) in [5.41, 5.74) is 0.235.